The number of carbonyl (C=O) groups excluding carboxylic acids is 1. The smallest absolute Gasteiger partial charge is 0.237 e. The molecule has 6 heteroatoms. The van der Waals surface area contributed by atoms with E-state index in [2.05, 4.69) is 41.3 Å². The summed E-state index contributed by atoms with van der Waals surface area (Å²) in [6, 6.07) is 15.8. The quantitative estimate of drug-likeness (QED) is 0.604. The van der Waals surface area contributed by atoms with Crippen LogP contribution in [-0.4, -0.2) is 49.3 Å². The lowest BCUT2D eigenvalue weighted by atomic mass is 10.0. The number of halogens is 1. The first-order valence-electron chi connectivity index (χ1n) is 11.0. The third-order valence-corrected chi connectivity index (χ3v) is 7.50. The van der Waals surface area contributed by atoms with Crippen molar-refractivity contribution in [2.24, 2.45) is 5.92 Å². The van der Waals surface area contributed by atoms with Crippen LogP contribution in [0.25, 0.3) is 0 Å². The molecule has 1 unspecified atom stereocenters. The van der Waals surface area contributed by atoms with Crippen molar-refractivity contribution in [1.82, 2.24) is 4.90 Å². The average Bonchev–Trinajstić information content (AvgIpc) is 2.74. The van der Waals surface area contributed by atoms with Crippen LogP contribution in [0.3, 0.4) is 0 Å². The van der Waals surface area contributed by atoms with E-state index in [4.69, 9.17) is 0 Å². The third-order valence-electron chi connectivity index (χ3n) is 5.89. The zero-order chi connectivity index (χ0) is 22.4. The largest absolute Gasteiger partial charge is 0.369 e. The molecular weight excluding hydrogens is 409 g/mol. The third kappa shape index (κ3) is 6.47. The molecule has 2 aromatic carbocycles. The van der Waals surface area contributed by atoms with Crippen LogP contribution < -0.4 is 10.2 Å². The fourth-order valence-electron chi connectivity index (χ4n) is 4.01. The number of benzene rings is 2. The average molecular weight is 444 g/mol. The Morgan fingerprint density at radius 3 is 2.42 bits per heavy atom. The summed E-state index contributed by atoms with van der Waals surface area (Å²) >= 11 is 1.62. The molecule has 0 aromatic heterocycles. The summed E-state index contributed by atoms with van der Waals surface area (Å²) in [5, 5.41) is 2.73. The summed E-state index contributed by atoms with van der Waals surface area (Å²) in [5.74, 6) is 0.595. The van der Waals surface area contributed by atoms with Crippen molar-refractivity contribution in [3.05, 3.63) is 59.9 Å². The van der Waals surface area contributed by atoms with Gasteiger partial charge < -0.3 is 15.1 Å². The normalized spacial score (nSPS) is 16.0. The van der Waals surface area contributed by atoms with Crippen LogP contribution in [0.2, 0.25) is 0 Å². The van der Waals surface area contributed by atoms with Gasteiger partial charge >= 0.3 is 0 Å². The van der Waals surface area contributed by atoms with Crippen molar-refractivity contribution in [2.75, 3.05) is 37.4 Å². The van der Waals surface area contributed by atoms with Crippen LogP contribution >= 0.6 is 11.8 Å². The molecule has 1 heterocycles. The van der Waals surface area contributed by atoms with Gasteiger partial charge in [0.2, 0.25) is 5.91 Å². The van der Waals surface area contributed by atoms with Gasteiger partial charge in [-0.3, -0.25) is 4.79 Å². The molecule has 0 saturated carbocycles. The topological polar surface area (TPSA) is 35.6 Å². The second-order valence-corrected chi connectivity index (χ2v) is 9.93. The Balaban J connectivity index is 1.60. The number of nitrogens with one attached hydrogen (secondary N) is 1. The molecule has 2 aromatic rings. The van der Waals surface area contributed by atoms with Gasteiger partial charge in [0, 0.05) is 30.6 Å². The van der Waals surface area contributed by atoms with Gasteiger partial charge in [0.1, 0.15) is 5.82 Å². The Hall–Kier alpha value is -2.05. The second-order valence-electron chi connectivity index (χ2n) is 8.80. The number of carbonyl (C=O) groups is 1. The minimum Gasteiger partial charge on any atom is -0.369 e. The Kier molecular flexibility index (Phi) is 8.38. The summed E-state index contributed by atoms with van der Waals surface area (Å²) in [6.07, 6.45) is 2.05. The number of anilines is 2. The number of hydrogen-bond donors (Lipinski definition) is 1. The van der Waals surface area contributed by atoms with Gasteiger partial charge in [0.25, 0.3) is 0 Å². The minimum absolute atomic E-state index is 0.0742. The predicted octanol–water partition coefficient (Wildman–Crippen LogP) is 5.25. The lowest BCUT2D eigenvalue weighted by Crippen LogP contribution is -2.42. The lowest BCUT2D eigenvalue weighted by molar-refractivity contribution is -0.116. The minimum atomic E-state index is -0.279. The van der Waals surface area contributed by atoms with Gasteiger partial charge in [-0.2, -0.15) is 0 Å². The van der Waals surface area contributed by atoms with E-state index in [1.807, 2.05) is 38.1 Å². The van der Waals surface area contributed by atoms with Gasteiger partial charge in [-0.1, -0.05) is 44.2 Å². The van der Waals surface area contributed by atoms with Crippen LogP contribution in [-0.2, 0) is 10.5 Å². The molecule has 1 amide bonds. The number of rotatable bonds is 8. The monoisotopic (exact) mass is 443 g/mol. The number of amides is 1. The highest BCUT2D eigenvalue weighted by atomic mass is 32.2. The molecule has 1 aliphatic heterocycles. The number of nitrogens with zero attached hydrogens (tertiary/aromatic N) is 2. The first-order valence-corrected chi connectivity index (χ1v) is 12.1. The van der Waals surface area contributed by atoms with E-state index in [9.17, 15) is 9.18 Å². The molecule has 0 aliphatic carbocycles. The number of piperidine rings is 1. The summed E-state index contributed by atoms with van der Waals surface area (Å²) < 4.78 is 14.9. The molecule has 0 radical (unpaired) electrons. The fraction of sp³-hybridized carbons (Fsp3) is 0.480. The van der Waals surface area contributed by atoms with Crippen molar-refractivity contribution in [3.8, 4) is 0 Å². The van der Waals surface area contributed by atoms with Gasteiger partial charge in [0.15, 0.2) is 0 Å². The van der Waals surface area contributed by atoms with Crippen molar-refractivity contribution >= 4 is 29.0 Å². The molecule has 0 spiro atoms. The van der Waals surface area contributed by atoms with Crippen LogP contribution in [0.1, 0.15) is 32.3 Å². The zero-order valence-electron chi connectivity index (χ0n) is 19.0. The standard InChI is InChI=1S/C25H34FN3OS/c1-18(2)24(31-17-19-8-6-5-7-9-19)25(30)27-20-10-11-23(22(26)16-20)29-14-12-21(13-15-29)28(3)4/h5-11,16,18,21,24H,12-15,17H2,1-4H3,(H,27,30). The van der Waals surface area contributed by atoms with Crippen LogP contribution in [0.4, 0.5) is 15.8 Å². The molecule has 3 rings (SSSR count). The van der Waals surface area contributed by atoms with Gasteiger partial charge in [-0.25, -0.2) is 4.39 Å². The first-order chi connectivity index (χ1) is 14.8. The lowest BCUT2D eigenvalue weighted by Gasteiger charge is -2.36. The molecule has 1 aliphatic rings. The first kappa shape index (κ1) is 23.6. The summed E-state index contributed by atoms with van der Waals surface area (Å²) in [5.41, 5.74) is 2.33. The maximum absolute atomic E-state index is 14.9. The van der Waals surface area contributed by atoms with Gasteiger partial charge in [0.05, 0.1) is 10.9 Å². The van der Waals surface area contributed by atoms with E-state index in [1.54, 1.807) is 17.8 Å². The highest BCUT2D eigenvalue weighted by molar-refractivity contribution is 7.99. The van der Waals surface area contributed by atoms with Crippen molar-refractivity contribution in [2.45, 2.75) is 43.7 Å². The number of thioether (sulfide) groups is 1. The SMILES string of the molecule is CC(C)C(SCc1ccccc1)C(=O)Nc1ccc(N2CCC(N(C)C)CC2)c(F)c1. The Bertz CT molecular complexity index is 851. The van der Waals surface area contributed by atoms with Crippen molar-refractivity contribution in [1.29, 1.82) is 0 Å². The maximum Gasteiger partial charge on any atom is 0.237 e. The zero-order valence-corrected chi connectivity index (χ0v) is 19.8. The molecule has 31 heavy (non-hydrogen) atoms. The van der Waals surface area contributed by atoms with Crippen LogP contribution in [0, 0.1) is 11.7 Å². The highest BCUT2D eigenvalue weighted by Gasteiger charge is 2.25. The molecule has 0 bridgehead atoms. The van der Waals surface area contributed by atoms with Crippen molar-refractivity contribution < 1.29 is 9.18 Å². The van der Waals surface area contributed by atoms with Gasteiger partial charge in [-0.15, -0.1) is 11.8 Å². The molecule has 168 valence electrons. The summed E-state index contributed by atoms with van der Waals surface area (Å²) in [7, 11) is 4.20. The molecule has 4 nitrogen and oxygen atoms in total. The number of hydrogen-bond acceptors (Lipinski definition) is 4. The van der Waals surface area contributed by atoms with E-state index in [1.165, 1.54) is 11.6 Å². The Morgan fingerprint density at radius 2 is 1.84 bits per heavy atom. The van der Waals surface area contributed by atoms with E-state index in [0.29, 0.717) is 17.4 Å². The molecule has 1 N–H and O–H groups in total. The van der Waals surface area contributed by atoms with E-state index in [0.717, 1.165) is 31.7 Å². The van der Waals surface area contributed by atoms with E-state index in [-0.39, 0.29) is 22.9 Å². The Labute approximate surface area is 190 Å². The molecular formula is C25H34FN3OS. The summed E-state index contributed by atoms with van der Waals surface area (Å²) in [6.45, 7) is 5.78. The van der Waals surface area contributed by atoms with Crippen molar-refractivity contribution in [3.63, 3.8) is 0 Å². The van der Waals surface area contributed by atoms with Crippen LogP contribution in [0.5, 0.6) is 0 Å². The fourth-order valence-corrected chi connectivity index (χ4v) is 5.17. The van der Waals surface area contributed by atoms with Crippen LogP contribution in [0.15, 0.2) is 48.5 Å². The summed E-state index contributed by atoms with van der Waals surface area (Å²) in [4.78, 5) is 17.3. The van der Waals surface area contributed by atoms with E-state index >= 15 is 0 Å². The van der Waals surface area contributed by atoms with Gasteiger partial charge in [-0.05, 0) is 56.6 Å². The Morgan fingerprint density at radius 1 is 1.16 bits per heavy atom. The molecule has 1 saturated heterocycles. The molecule has 1 fully saturated rings. The van der Waals surface area contributed by atoms with E-state index < -0.39 is 0 Å². The second kappa shape index (κ2) is 11.0. The highest BCUT2D eigenvalue weighted by Crippen LogP contribution is 2.29. The predicted molar refractivity (Wildman–Crippen MR) is 130 cm³/mol. The maximum atomic E-state index is 14.9. The molecule has 1 atom stereocenters.